The van der Waals surface area contributed by atoms with Gasteiger partial charge in [-0.1, -0.05) is 31.2 Å². The number of nitro benzene ring substituents is 1. The maximum Gasteiger partial charge on any atom is 0.295 e. The number of aryl methyl sites for hydroxylation is 1. The third-order valence-electron chi connectivity index (χ3n) is 4.56. The molecule has 0 bridgehead atoms. The summed E-state index contributed by atoms with van der Waals surface area (Å²) >= 11 is 0. The predicted octanol–water partition coefficient (Wildman–Crippen LogP) is 2.62. The van der Waals surface area contributed by atoms with E-state index in [0.717, 1.165) is 18.1 Å². The maximum atomic E-state index is 12.7. The molecule has 10 heteroatoms. The highest BCUT2D eigenvalue weighted by Gasteiger charge is 2.28. The van der Waals surface area contributed by atoms with E-state index in [9.17, 15) is 18.5 Å². The third-order valence-corrected chi connectivity index (χ3v) is 6.45. The number of hydrazone groups is 1. The van der Waals surface area contributed by atoms with Crippen molar-refractivity contribution in [2.75, 3.05) is 31.7 Å². The molecule has 2 aromatic rings. The van der Waals surface area contributed by atoms with Crippen LogP contribution in [-0.2, 0) is 21.2 Å². The second-order valence-electron chi connectivity index (χ2n) is 6.42. The van der Waals surface area contributed by atoms with Gasteiger partial charge in [0.15, 0.2) is 0 Å². The first-order valence-electron chi connectivity index (χ1n) is 9.16. The number of benzene rings is 2. The molecule has 0 atom stereocenters. The monoisotopic (exact) mass is 418 g/mol. The van der Waals surface area contributed by atoms with Crippen LogP contribution in [0.4, 0.5) is 11.4 Å². The van der Waals surface area contributed by atoms with E-state index in [4.69, 9.17) is 4.74 Å². The zero-order valence-corrected chi connectivity index (χ0v) is 16.8. The number of rotatable bonds is 7. The Hall–Kier alpha value is -2.82. The van der Waals surface area contributed by atoms with Gasteiger partial charge in [0, 0.05) is 19.2 Å². The first-order chi connectivity index (χ1) is 13.9. The summed E-state index contributed by atoms with van der Waals surface area (Å²) in [5.74, 6) is 0. The molecule has 1 aliphatic rings. The van der Waals surface area contributed by atoms with Crippen molar-refractivity contribution < 1.29 is 18.1 Å². The lowest BCUT2D eigenvalue weighted by Crippen LogP contribution is -2.40. The molecule has 1 heterocycles. The zero-order valence-electron chi connectivity index (χ0n) is 15.9. The van der Waals surface area contributed by atoms with Gasteiger partial charge in [-0.2, -0.15) is 9.41 Å². The van der Waals surface area contributed by atoms with E-state index in [0.29, 0.717) is 13.2 Å². The van der Waals surface area contributed by atoms with Gasteiger partial charge >= 0.3 is 0 Å². The smallest absolute Gasteiger partial charge is 0.295 e. The molecule has 0 saturated carbocycles. The van der Waals surface area contributed by atoms with Crippen molar-refractivity contribution in [3.8, 4) is 0 Å². The fourth-order valence-electron chi connectivity index (χ4n) is 2.87. The molecular weight excluding hydrogens is 396 g/mol. The van der Waals surface area contributed by atoms with Gasteiger partial charge in [-0.3, -0.25) is 15.5 Å². The molecule has 1 N–H and O–H groups in total. The zero-order chi connectivity index (χ0) is 20.9. The topological polar surface area (TPSA) is 114 Å². The van der Waals surface area contributed by atoms with Gasteiger partial charge in [-0.05, 0) is 29.7 Å². The number of nitro groups is 1. The van der Waals surface area contributed by atoms with E-state index in [-0.39, 0.29) is 29.4 Å². The molecule has 0 spiro atoms. The minimum Gasteiger partial charge on any atom is -0.379 e. The highest BCUT2D eigenvalue weighted by molar-refractivity contribution is 7.89. The van der Waals surface area contributed by atoms with Gasteiger partial charge in [-0.25, -0.2) is 8.42 Å². The number of nitrogens with zero attached hydrogens (tertiary/aromatic N) is 3. The quantitative estimate of drug-likeness (QED) is 0.420. The van der Waals surface area contributed by atoms with Crippen molar-refractivity contribution in [1.29, 1.82) is 0 Å². The maximum absolute atomic E-state index is 12.7. The first kappa shape index (κ1) is 20.9. The van der Waals surface area contributed by atoms with Crippen LogP contribution in [0.5, 0.6) is 0 Å². The Balaban J connectivity index is 1.80. The molecule has 0 aliphatic carbocycles. The molecule has 29 heavy (non-hydrogen) atoms. The Morgan fingerprint density at radius 2 is 1.90 bits per heavy atom. The molecule has 2 aromatic carbocycles. The van der Waals surface area contributed by atoms with Crippen molar-refractivity contribution in [1.82, 2.24) is 4.31 Å². The molecule has 1 saturated heterocycles. The number of morpholine rings is 1. The number of hydrogen-bond donors (Lipinski definition) is 1. The van der Waals surface area contributed by atoms with E-state index >= 15 is 0 Å². The summed E-state index contributed by atoms with van der Waals surface area (Å²) in [5.41, 5.74) is 4.41. The Morgan fingerprint density at radius 1 is 1.21 bits per heavy atom. The molecule has 0 aromatic heterocycles. The Bertz CT molecular complexity index is 1000. The summed E-state index contributed by atoms with van der Waals surface area (Å²) in [6, 6.07) is 11.5. The minimum absolute atomic E-state index is 0.109. The molecule has 3 rings (SSSR count). The number of anilines is 1. The number of sulfonamides is 1. The fraction of sp³-hybridized carbons (Fsp3) is 0.316. The van der Waals surface area contributed by atoms with Crippen LogP contribution in [0.2, 0.25) is 0 Å². The molecule has 9 nitrogen and oxygen atoms in total. The van der Waals surface area contributed by atoms with Gasteiger partial charge in [-0.15, -0.1) is 0 Å². The molecule has 1 fully saturated rings. The van der Waals surface area contributed by atoms with Crippen molar-refractivity contribution in [3.05, 3.63) is 63.7 Å². The first-order valence-corrected chi connectivity index (χ1v) is 10.6. The van der Waals surface area contributed by atoms with Crippen molar-refractivity contribution >= 4 is 27.6 Å². The highest BCUT2D eigenvalue weighted by atomic mass is 32.2. The van der Waals surface area contributed by atoms with Crippen LogP contribution in [0.1, 0.15) is 18.1 Å². The second kappa shape index (κ2) is 9.12. The average Bonchev–Trinajstić information content (AvgIpc) is 2.74. The molecular formula is C19H22N4O5S. The van der Waals surface area contributed by atoms with Gasteiger partial charge in [0.05, 0.1) is 29.2 Å². The average molecular weight is 418 g/mol. The van der Waals surface area contributed by atoms with Crippen LogP contribution in [0.15, 0.2) is 52.5 Å². The predicted molar refractivity (Wildman–Crippen MR) is 110 cm³/mol. The summed E-state index contributed by atoms with van der Waals surface area (Å²) in [5, 5.41) is 15.5. The fourth-order valence-corrected chi connectivity index (χ4v) is 4.30. The number of hydrogen-bond acceptors (Lipinski definition) is 7. The van der Waals surface area contributed by atoms with Gasteiger partial charge in [0.25, 0.3) is 5.69 Å². The van der Waals surface area contributed by atoms with Gasteiger partial charge in [0.2, 0.25) is 10.0 Å². The minimum atomic E-state index is -3.82. The lowest BCUT2D eigenvalue weighted by molar-refractivity contribution is -0.384. The van der Waals surface area contributed by atoms with Gasteiger partial charge in [0.1, 0.15) is 5.69 Å². The normalized spacial score (nSPS) is 15.5. The number of nitrogens with one attached hydrogen (secondary N) is 1. The van der Waals surface area contributed by atoms with Crippen LogP contribution in [0.25, 0.3) is 0 Å². The molecule has 0 amide bonds. The SMILES string of the molecule is CCc1ccc(/C=N\Nc2ccc(S(=O)(=O)N3CCOCC3)cc2[N+](=O)[O-])cc1. The summed E-state index contributed by atoms with van der Waals surface area (Å²) in [6.07, 6.45) is 2.48. The lowest BCUT2D eigenvalue weighted by Gasteiger charge is -2.26. The molecule has 0 unspecified atom stereocenters. The molecule has 1 aliphatic heterocycles. The van der Waals surface area contributed by atoms with Crippen LogP contribution < -0.4 is 5.43 Å². The molecule has 0 radical (unpaired) electrons. The van der Waals surface area contributed by atoms with Crippen LogP contribution in [0, 0.1) is 10.1 Å². The highest BCUT2D eigenvalue weighted by Crippen LogP contribution is 2.29. The van der Waals surface area contributed by atoms with E-state index < -0.39 is 14.9 Å². The second-order valence-corrected chi connectivity index (χ2v) is 8.36. The van der Waals surface area contributed by atoms with E-state index in [1.807, 2.05) is 24.3 Å². The summed E-state index contributed by atoms with van der Waals surface area (Å²) < 4.78 is 31.9. The Kier molecular flexibility index (Phi) is 6.57. The van der Waals surface area contributed by atoms with Crippen molar-refractivity contribution in [2.45, 2.75) is 18.2 Å². The van der Waals surface area contributed by atoms with E-state index in [1.165, 1.54) is 22.0 Å². The Morgan fingerprint density at radius 3 is 2.52 bits per heavy atom. The van der Waals surface area contributed by atoms with Crippen molar-refractivity contribution in [3.63, 3.8) is 0 Å². The molecule has 154 valence electrons. The van der Waals surface area contributed by atoms with Crippen LogP contribution in [-0.4, -0.2) is 50.2 Å². The van der Waals surface area contributed by atoms with Gasteiger partial charge < -0.3 is 4.74 Å². The van der Waals surface area contributed by atoms with E-state index in [2.05, 4.69) is 17.5 Å². The summed E-state index contributed by atoms with van der Waals surface area (Å²) in [4.78, 5) is 10.7. The van der Waals surface area contributed by atoms with Crippen LogP contribution in [0.3, 0.4) is 0 Å². The largest absolute Gasteiger partial charge is 0.379 e. The summed E-state index contributed by atoms with van der Waals surface area (Å²) in [6.45, 7) is 3.10. The van der Waals surface area contributed by atoms with Crippen molar-refractivity contribution in [2.24, 2.45) is 5.10 Å². The standard InChI is InChI=1S/C19H22N4O5S/c1-2-15-3-5-16(6-4-15)14-20-21-18-8-7-17(13-19(18)23(24)25)29(26,27)22-9-11-28-12-10-22/h3-8,13-14,21H,2,9-12H2,1H3/b20-14-. The van der Waals surface area contributed by atoms with E-state index in [1.54, 1.807) is 6.21 Å². The third kappa shape index (κ3) is 4.97. The Labute approximate surface area is 169 Å². The van der Waals surface area contributed by atoms with Crippen LogP contribution >= 0.6 is 0 Å². The lowest BCUT2D eigenvalue weighted by atomic mass is 10.1. The summed E-state index contributed by atoms with van der Waals surface area (Å²) in [7, 11) is -3.82. The number of ether oxygens (including phenoxy) is 1.